The number of rotatable bonds is 3. The molecule has 17 heavy (non-hydrogen) atoms. The number of carbonyl (C=O) groups excluding carboxylic acids is 1. The number of anilines is 1. The maximum absolute atomic E-state index is 11.0. The van der Waals surface area contributed by atoms with E-state index in [4.69, 9.17) is 5.73 Å². The summed E-state index contributed by atoms with van der Waals surface area (Å²) in [5.41, 5.74) is 8.17. The largest absolute Gasteiger partial charge is 0.399 e. The Kier molecular flexibility index (Phi) is 2.04. The maximum Gasteiger partial charge on any atom is 0.168 e. The number of aromatic nitrogens is 2. The van der Waals surface area contributed by atoms with Gasteiger partial charge in [0.1, 0.15) is 5.69 Å². The monoisotopic (exact) mass is 227 g/mol. The van der Waals surface area contributed by atoms with E-state index in [2.05, 4.69) is 4.98 Å². The molecule has 0 atom stereocenters. The summed E-state index contributed by atoms with van der Waals surface area (Å²) in [6, 6.07) is 7.84. The van der Waals surface area contributed by atoms with Crippen LogP contribution in [0.4, 0.5) is 5.69 Å². The van der Waals surface area contributed by atoms with Crippen molar-refractivity contribution in [3.05, 3.63) is 48.0 Å². The Labute approximate surface area is 99.1 Å². The standard InChI is InChI=1S/C13H13N3O/c14-11-3-1-10(2-4-11)13(5-6-13)16-9-15-7-12(16)8-17/h1-4,7-9H,5-6,14H2. The SMILES string of the molecule is Nc1ccc(C2(n3cncc3C=O)CC2)cc1. The van der Waals surface area contributed by atoms with Crippen molar-refractivity contribution in [1.29, 1.82) is 0 Å². The molecular weight excluding hydrogens is 214 g/mol. The van der Waals surface area contributed by atoms with Gasteiger partial charge >= 0.3 is 0 Å². The number of nitrogens with zero attached hydrogens (tertiary/aromatic N) is 2. The van der Waals surface area contributed by atoms with Crippen LogP contribution < -0.4 is 5.73 Å². The molecule has 1 fully saturated rings. The van der Waals surface area contributed by atoms with Crippen LogP contribution in [0.25, 0.3) is 0 Å². The number of benzene rings is 1. The normalized spacial score (nSPS) is 16.7. The van der Waals surface area contributed by atoms with Crippen LogP contribution >= 0.6 is 0 Å². The Morgan fingerprint density at radius 1 is 1.29 bits per heavy atom. The molecule has 0 radical (unpaired) electrons. The number of hydrogen-bond donors (Lipinski definition) is 1. The van der Waals surface area contributed by atoms with Gasteiger partial charge in [-0.3, -0.25) is 4.79 Å². The summed E-state index contributed by atoms with van der Waals surface area (Å²) in [6.45, 7) is 0. The van der Waals surface area contributed by atoms with Gasteiger partial charge in [-0.25, -0.2) is 4.98 Å². The van der Waals surface area contributed by atoms with Crippen molar-refractivity contribution in [2.75, 3.05) is 5.73 Å². The molecule has 4 heteroatoms. The molecule has 0 aliphatic heterocycles. The number of aldehydes is 1. The second-order valence-electron chi connectivity index (χ2n) is 4.46. The topological polar surface area (TPSA) is 60.9 Å². The van der Waals surface area contributed by atoms with Crippen LogP contribution in [-0.2, 0) is 5.54 Å². The summed E-state index contributed by atoms with van der Waals surface area (Å²) in [6.07, 6.45) is 6.25. The van der Waals surface area contributed by atoms with Gasteiger partial charge in [-0.05, 0) is 30.5 Å². The van der Waals surface area contributed by atoms with E-state index in [1.54, 1.807) is 12.5 Å². The molecule has 1 saturated carbocycles. The van der Waals surface area contributed by atoms with Crippen LogP contribution in [0.1, 0.15) is 28.9 Å². The summed E-state index contributed by atoms with van der Waals surface area (Å²) in [5, 5.41) is 0. The van der Waals surface area contributed by atoms with Gasteiger partial charge in [0, 0.05) is 5.69 Å². The number of nitrogens with two attached hydrogens (primary N) is 1. The van der Waals surface area contributed by atoms with Gasteiger partial charge in [-0.2, -0.15) is 0 Å². The van der Waals surface area contributed by atoms with Gasteiger partial charge in [0.2, 0.25) is 0 Å². The van der Waals surface area contributed by atoms with Gasteiger partial charge in [0.15, 0.2) is 6.29 Å². The average molecular weight is 227 g/mol. The number of nitrogen functional groups attached to an aromatic ring is 1. The first-order valence-corrected chi connectivity index (χ1v) is 5.60. The third-order valence-corrected chi connectivity index (χ3v) is 3.42. The van der Waals surface area contributed by atoms with E-state index in [0.717, 1.165) is 24.8 Å². The molecule has 2 aromatic rings. The minimum Gasteiger partial charge on any atom is -0.399 e. The fraction of sp³-hybridized carbons (Fsp3) is 0.231. The van der Waals surface area contributed by atoms with E-state index in [0.29, 0.717) is 5.69 Å². The molecule has 0 saturated heterocycles. The summed E-state index contributed by atoms with van der Waals surface area (Å²) in [7, 11) is 0. The summed E-state index contributed by atoms with van der Waals surface area (Å²) >= 11 is 0. The molecule has 1 aliphatic carbocycles. The van der Waals surface area contributed by atoms with Gasteiger partial charge in [-0.15, -0.1) is 0 Å². The third-order valence-electron chi connectivity index (χ3n) is 3.42. The highest BCUT2D eigenvalue weighted by atomic mass is 16.1. The number of imidazole rings is 1. The molecule has 0 unspecified atom stereocenters. The lowest BCUT2D eigenvalue weighted by atomic mass is 10.0. The van der Waals surface area contributed by atoms with Crippen LogP contribution in [0.2, 0.25) is 0 Å². The highest BCUT2D eigenvalue weighted by molar-refractivity contribution is 5.72. The molecule has 2 N–H and O–H groups in total. The lowest BCUT2D eigenvalue weighted by Crippen LogP contribution is -2.19. The van der Waals surface area contributed by atoms with E-state index in [-0.39, 0.29) is 5.54 Å². The van der Waals surface area contributed by atoms with Gasteiger partial charge < -0.3 is 10.3 Å². The van der Waals surface area contributed by atoms with Crippen LogP contribution in [0, 0.1) is 0 Å². The summed E-state index contributed by atoms with van der Waals surface area (Å²) < 4.78 is 1.96. The second kappa shape index (κ2) is 3.45. The van der Waals surface area contributed by atoms with Crippen LogP contribution in [0.15, 0.2) is 36.8 Å². The first kappa shape index (κ1) is 10.1. The summed E-state index contributed by atoms with van der Waals surface area (Å²) in [4.78, 5) is 15.0. The molecule has 1 heterocycles. The quantitative estimate of drug-likeness (QED) is 0.642. The average Bonchev–Trinajstić information content (AvgIpc) is 3.01. The minimum absolute atomic E-state index is 0.0829. The molecule has 1 aromatic carbocycles. The Morgan fingerprint density at radius 2 is 2.00 bits per heavy atom. The first-order valence-electron chi connectivity index (χ1n) is 5.60. The van der Waals surface area contributed by atoms with E-state index in [1.165, 1.54) is 5.56 Å². The third kappa shape index (κ3) is 1.45. The van der Waals surface area contributed by atoms with Crippen molar-refractivity contribution in [3.63, 3.8) is 0 Å². The smallest absolute Gasteiger partial charge is 0.168 e. The maximum atomic E-state index is 11.0. The minimum atomic E-state index is -0.0829. The molecule has 4 nitrogen and oxygen atoms in total. The van der Waals surface area contributed by atoms with Crippen molar-refractivity contribution in [2.24, 2.45) is 0 Å². The first-order chi connectivity index (χ1) is 8.26. The van der Waals surface area contributed by atoms with Gasteiger partial charge in [-0.1, -0.05) is 12.1 Å². The van der Waals surface area contributed by atoms with Crippen molar-refractivity contribution in [1.82, 2.24) is 9.55 Å². The molecule has 86 valence electrons. The summed E-state index contributed by atoms with van der Waals surface area (Å²) in [5.74, 6) is 0. The Balaban J connectivity index is 2.07. The van der Waals surface area contributed by atoms with Crippen molar-refractivity contribution < 1.29 is 4.79 Å². The van der Waals surface area contributed by atoms with Crippen LogP contribution in [0.3, 0.4) is 0 Å². The highest BCUT2D eigenvalue weighted by Crippen LogP contribution is 2.49. The zero-order valence-corrected chi connectivity index (χ0v) is 9.34. The molecular formula is C13H13N3O. The molecule has 0 bridgehead atoms. The lowest BCUT2D eigenvalue weighted by molar-refractivity contribution is 0.111. The van der Waals surface area contributed by atoms with E-state index >= 15 is 0 Å². The molecule has 1 aliphatic rings. The fourth-order valence-electron chi connectivity index (χ4n) is 2.33. The predicted molar refractivity (Wildman–Crippen MR) is 64.8 cm³/mol. The Morgan fingerprint density at radius 3 is 2.59 bits per heavy atom. The van der Waals surface area contributed by atoms with Crippen molar-refractivity contribution in [3.8, 4) is 0 Å². The van der Waals surface area contributed by atoms with Gasteiger partial charge in [0.25, 0.3) is 0 Å². The van der Waals surface area contributed by atoms with Crippen LogP contribution in [0.5, 0.6) is 0 Å². The van der Waals surface area contributed by atoms with Crippen molar-refractivity contribution in [2.45, 2.75) is 18.4 Å². The Hall–Kier alpha value is -2.10. The van der Waals surface area contributed by atoms with E-state index < -0.39 is 0 Å². The second-order valence-corrected chi connectivity index (χ2v) is 4.46. The van der Waals surface area contributed by atoms with E-state index in [1.807, 2.05) is 28.8 Å². The fourth-order valence-corrected chi connectivity index (χ4v) is 2.33. The molecule has 3 rings (SSSR count). The molecule has 1 aromatic heterocycles. The van der Waals surface area contributed by atoms with Gasteiger partial charge in [0.05, 0.1) is 18.1 Å². The van der Waals surface area contributed by atoms with Crippen molar-refractivity contribution >= 4 is 12.0 Å². The molecule has 0 amide bonds. The zero-order chi connectivity index (χ0) is 11.9. The Bertz CT molecular complexity index is 552. The molecule has 0 spiro atoms. The number of hydrogen-bond acceptors (Lipinski definition) is 3. The highest BCUT2D eigenvalue weighted by Gasteiger charge is 2.46. The zero-order valence-electron chi connectivity index (χ0n) is 9.34. The predicted octanol–water partition coefficient (Wildman–Crippen LogP) is 1.82. The lowest BCUT2D eigenvalue weighted by Gasteiger charge is -2.19. The van der Waals surface area contributed by atoms with E-state index in [9.17, 15) is 4.79 Å². The van der Waals surface area contributed by atoms with Crippen LogP contribution in [-0.4, -0.2) is 15.8 Å². The number of carbonyl (C=O) groups is 1.